The van der Waals surface area contributed by atoms with Crippen LogP contribution < -0.4 is 15.9 Å². The Bertz CT molecular complexity index is 686. The van der Waals surface area contributed by atoms with Crippen LogP contribution in [-0.4, -0.2) is 19.4 Å². The van der Waals surface area contributed by atoms with E-state index in [0.29, 0.717) is 5.56 Å². The molecule has 3 N–H and O–H groups in total. The highest BCUT2D eigenvalue weighted by molar-refractivity contribution is 5.83. The summed E-state index contributed by atoms with van der Waals surface area (Å²) in [6.07, 6.45) is 1.45. The third-order valence-corrected chi connectivity index (χ3v) is 2.76. The van der Waals surface area contributed by atoms with E-state index in [-0.39, 0.29) is 5.75 Å². The van der Waals surface area contributed by atoms with Crippen molar-refractivity contribution in [2.24, 2.45) is 10.8 Å². The van der Waals surface area contributed by atoms with Crippen LogP contribution in [0, 0.1) is 5.82 Å². The number of nitrogens with one attached hydrogen (secondary N) is 1. The predicted molar refractivity (Wildman–Crippen MR) is 78.7 cm³/mol. The molecule has 0 saturated carbocycles. The van der Waals surface area contributed by atoms with E-state index in [4.69, 9.17) is 10.5 Å². The predicted octanol–water partition coefficient (Wildman–Crippen LogP) is 2.50. The van der Waals surface area contributed by atoms with E-state index in [9.17, 15) is 9.18 Å². The molecule has 0 aliphatic carbocycles. The third kappa shape index (κ3) is 3.79. The first-order valence-electron chi connectivity index (χ1n) is 6.12. The Morgan fingerprint density at radius 3 is 2.71 bits per heavy atom. The normalized spacial score (nSPS) is 10.6. The first kappa shape index (κ1) is 14.5. The van der Waals surface area contributed by atoms with Gasteiger partial charge in [0.25, 0.3) is 0 Å². The summed E-state index contributed by atoms with van der Waals surface area (Å²) in [7, 11) is 1.42. The molecule has 0 heterocycles. The molecular formula is C15H14FN3O2. The molecule has 6 heteroatoms. The summed E-state index contributed by atoms with van der Waals surface area (Å²) in [4.78, 5) is 10.5. The van der Waals surface area contributed by atoms with Crippen molar-refractivity contribution < 1.29 is 13.9 Å². The number of ether oxygens (including phenoxy) is 1. The van der Waals surface area contributed by atoms with Crippen molar-refractivity contribution >= 4 is 12.2 Å². The van der Waals surface area contributed by atoms with Crippen LogP contribution in [-0.2, 0) is 0 Å². The number of nitrogens with two attached hydrogens (primary N) is 1. The van der Waals surface area contributed by atoms with E-state index in [2.05, 4.69) is 10.5 Å². The lowest BCUT2D eigenvalue weighted by molar-refractivity contribution is 0.249. The van der Waals surface area contributed by atoms with Crippen LogP contribution in [0.25, 0.3) is 11.1 Å². The zero-order chi connectivity index (χ0) is 15.2. The van der Waals surface area contributed by atoms with Crippen molar-refractivity contribution in [2.45, 2.75) is 0 Å². The number of carbonyl (C=O) groups excluding carboxylic acids is 1. The van der Waals surface area contributed by atoms with E-state index >= 15 is 0 Å². The number of nitrogens with zero attached hydrogens (tertiary/aromatic N) is 1. The molecule has 2 aromatic rings. The highest BCUT2D eigenvalue weighted by Gasteiger charge is 2.05. The first-order valence-corrected chi connectivity index (χ1v) is 6.12. The van der Waals surface area contributed by atoms with E-state index in [1.54, 1.807) is 18.2 Å². The number of hydrogen-bond donors (Lipinski definition) is 2. The summed E-state index contributed by atoms with van der Waals surface area (Å²) in [5.74, 6) is -0.230. The van der Waals surface area contributed by atoms with Crippen LogP contribution in [0.5, 0.6) is 5.75 Å². The number of carbonyl (C=O) groups is 1. The van der Waals surface area contributed by atoms with Gasteiger partial charge in [0.1, 0.15) is 0 Å². The summed E-state index contributed by atoms with van der Waals surface area (Å²) in [5, 5.41) is 3.68. The van der Waals surface area contributed by atoms with Gasteiger partial charge in [0.15, 0.2) is 11.6 Å². The molecular weight excluding hydrogens is 273 g/mol. The van der Waals surface area contributed by atoms with Gasteiger partial charge in [0.2, 0.25) is 0 Å². The highest BCUT2D eigenvalue weighted by Crippen LogP contribution is 2.25. The Labute approximate surface area is 121 Å². The zero-order valence-electron chi connectivity index (χ0n) is 11.3. The van der Waals surface area contributed by atoms with Gasteiger partial charge in [-0.25, -0.2) is 14.6 Å². The van der Waals surface area contributed by atoms with Gasteiger partial charge < -0.3 is 10.5 Å². The Morgan fingerprint density at radius 2 is 2.05 bits per heavy atom. The SMILES string of the molecule is COc1ccc(-c2cccc(C=NNC(N)=O)c2)cc1F. The van der Waals surface area contributed by atoms with Crippen LogP contribution >= 0.6 is 0 Å². The smallest absolute Gasteiger partial charge is 0.332 e. The van der Waals surface area contributed by atoms with Crippen molar-refractivity contribution in [3.63, 3.8) is 0 Å². The number of amides is 2. The molecule has 0 unspecified atom stereocenters. The second kappa shape index (κ2) is 6.51. The molecule has 0 radical (unpaired) electrons. The molecule has 0 atom stereocenters. The van der Waals surface area contributed by atoms with E-state index in [1.807, 2.05) is 18.2 Å². The number of hydrogen-bond acceptors (Lipinski definition) is 3. The van der Waals surface area contributed by atoms with E-state index in [0.717, 1.165) is 11.1 Å². The zero-order valence-corrected chi connectivity index (χ0v) is 11.3. The maximum atomic E-state index is 13.7. The Balaban J connectivity index is 2.26. The average Bonchev–Trinajstić information content (AvgIpc) is 2.47. The summed E-state index contributed by atoms with van der Waals surface area (Å²) >= 11 is 0. The van der Waals surface area contributed by atoms with Gasteiger partial charge in [-0.15, -0.1) is 0 Å². The quantitative estimate of drug-likeness (QED) is 0.669. The van der Waals surface area contributed by atoms with Crippen molar-refractivity contribution in [1.82, 2.24) is 5.43 Å². The number of halogens is 1. The fourth-order valence-electron chi connectivity index (χ4n) is 1.81. The molecule has 0 fully saturated rings. The van der Waals surface area contributed by atoms with Crippen LogP contribution in [0.4, 0.5) is 9.18 Å². The number of rotatable bonds is 4. The maximum absolute atomic E-state index is 13.7. The Morgan fingerprint density at radius 1 is 1.29 bits per heavy atom. The summed E-state index contributed by atoms with van der Waals surface area (Å²) in [6.45, 7) is 0. The summed E-state index contributed by atoms with van der Waals surface area (Å²) in [5.41, 5.74) is 9.29. The number of methoxy groups -OCH3 is 1. The average molecular weight is 287 g/mol. The van der Waals surface area contributed by atoms with E-state index in [1.165, 1.54) is 19.4 Å². The molecule has 0 spiro atoms. The summed E-state index contributed by atoms with van der Waals surface area (Å²) < 4.78 is 18.6. The molecule has 21 heavy (non-hydrogen) atoms. The van der Waals surface area contributed by atoms with Crippen LogP contribution in [0.1, 0.15) is 5.56 Å². The molecule has 2 rings (SSSR count). The fourth-order valence-corrected chi connectivity index (χ4v) is 1.81. The molecule has 0 aliphatic rings. The molecule has 0 aliphatic heterocycles. The van der Waals surface area contributed by atoms with Crippen LogP contribution in [0.15, 0.2) is 47.6 Å². The minimum absolute atomic E-state index is 0.196. The number of benzene rings is 2. The largest absolute Gasteiger partial charge is 0.494 e. The van der Waals surface area contributed by atoms with Gasteiger partial charge in [0.05, 0.1) is 13.3 Å². The third-order valence-electron chi connectivity index (χ3n) is 2.76. The highest BCUT2D eigenvalue weighted by atomic mass is 19.1. The van der Waals surface area contributed by atoms with Gasteiger partial charge in [-0.05, 0) is 34.9 Å². The van der Waals surface area contributed by atoms with Gasteiger partial charge >= 0.3 is 6.03 Å². The second-order valence-electron chi connectivity index (χ2n) is 4.21. The molecule has 2 aromatic carbocycles. The molecule has 0 aromatic heterocycles. The monoisotopic (exact) mass is 287 g/mol. The number of urea groups is 1. The van der Waals surface area contributed by atoms with Gasteiger partial charge in [-0.2, -0.15) is 5.10 Å². The fraction of sp³-hybridized carbons (Fsp3) is 0.0667. The maximum Gasteiger partial charge on any atom is 0.332 e. The van der Waals surface area contributed by atoms with Crippen molar-refractivity contribution in [3.8, 4) is 16.9 Å². The standard InChI is InChI=1S/C15H14FN3O2/c1-21-14-6-5-12(8-13(14)16)11-4-2-3-10(7-11)9-18-19-15(17)20/h2-9H,1H3,(H3,17,19,20). The molecule has 0 saturated heterocycles. The van der Waals surface area contributed by atoms with Crippen molar-refractivity contribution in [1.29, 1.82) is 0 Å². The van der Waals surface area contributed by atoms with E-state index < -0.39 is 11.8 Å². The van der Waals surface area contributed by atoms with Crippen molar-refractivity contribution in [2.75, 3.05) is 7.11 Å². The molecule has 5 nitrogen and oxygen atoms in total. The van der Waals surface area contributed by atoms with Crippen LogP contribution in [0.2, 0.25) is 0 Å². The number of primary amides is 1. The molecule has 2 amide bonds. The lowest BCUT2D eigenvalue weighted by Gasteiger charge is -2.06. The lowest BCUT2D eigenvalue weighted by Crippen LogP contribution is -2.24. The minimum atomic E-state index is -0.736. The van der Waals surface area contributed by atoms with Gasteiger partial charge in [-0.1, -0.05) is 24.3 Å². The topological polar surface area (TPSA) is 76.7 Å². The van der Waals surface area contributed by atoms with Crippen LogP contribution in [0.3, 0.4) is 0 Å². The molecule has 0 bridgehead atoms. The lowest BCUT2D eigenvalue weighted by atomic mass is 10.0. The summed E-state index contributed by atoms with van der Waals surface area (Å²) in [6, 6.07) is 11.3. The Hall–Kier alpha value is -2.89. The minimum Gasteiger partial charge on any atom is -0.494 e. The number of hydrazone groups is 1. The molecule has 108 valence electrons. The second-order valence-corrected chi connectivity index (χ2v) is 4.21. The Kier molecular flexibility index (Phi) is 4.50. The first-order chi connectivity index (χ1) is 10.1. The van der Waals surface area contributed by atoms with Crippen molar-refractivity contribution in [3.05, 3.63) is 53.8 Å². The van der Waals surface area contributed by atoms with Gasteiger partial charge in [-0.3, -0.25) is 0 Å². The van der Waals surface area contributed by atoms with Gasteiger partial charge in [0, 0.05) is 0 Å².